The molecule has 140 valence electrons. The third-order valence-corrected chi connectivity index (χ3v) is 4.74. The number of aryl methyl sites for hydroxylation is 1. The Balaban J connectivity index is 0.00000364. The maximum absolute atomic E-state index is 11.3. The van der Waals surface area contributed by atoms with Gasteiger partial charge in [0.2, 0.25) is 5.91 Å². The molecule has 0 spiro atoms. The summed E-state index contributed by atoms with van der Waals surface area (Å²) in [6, 6.07) is 12.4. The fraction of sp³-hybridized carbons (Fsp3) is 0.235. The Hall–Kier alpha value is 1.71. The van der Waals surface area contributed by atoms with Gasteiger partial charge in [0.15, 0.2) is 0 Å². The zero-order valence-electron chi connectivity index (χ0n) is 15.6. The van der Waals surface area contributed by atoms with Crippen molar-refractivity contribution in [3.63, 3.8) is 0 Å². The van der Waals surface area contributed by atoms with E-state index in [9.17, 15) is 19.1 Å². The summed E-state index contributed by atoms with van der Waals surface area (Å²) in [4.78, 5) is 32.3. The van der Waals surface area contributed by atoms with Crippen molar-refractivity contribution >= 4 is 36.7 Å². The predicted molar refractivity (Wildman–Crippen MR) is 96.8 cm³/mol. The Morgan fingerprint density at radius 1 is 1.04 bits per heavy atom. The summed E-state index contributed by atoms with van der Waals surface area (Å²) in [5.41, 5.74) is 0.982. The van der Waals surface area contributed by atoms with E-state index in [2.05, 4.69) is 5.32 Å². The number of nitrogens with one attached hydrogen (secondary N) is 1. The van der Waals surface area contributed by atoms with Crippen LogP contribution in [0.25, 0.3) is 0 Å². The monoisotopic (exact) mass is 493 g/mol. The Morgan fingerprint density at radius 2 is 1.71 bits per heavy atom. The number of hydrogen-bond donors (Lipinski definition) is 1. The minimum Gasteiger partial charge on any atom is -0.810 e. The molecule has 0 saturated heterocycles. The van der Waals surface area contributed by atoms with E-state index in [4.69, 9.17) is 27.9 Å². The molecule has 0 unspecified atom stereocenters. The van der Waals surface area contributed by atoms with Crippen LogP contribution in [0, 0.1) is 0 Å². The minimum atomic E-state index is -4.82. The van der Waals surface area contributed by atoms with Crippen LogP contribution < -0.4 is 123 Å². The van der Waals surface area contributed by atoms with Crippen molar-refractivity contribution in [1.82, 2.24) is 5.32 Å². The maximum atomic E-state index is 11.3. The van der Waals surface area contributed by atoms with Gasteiger partial charge in [0.25, 0.3) is 0 Å². The summed E-state index contributed by atoms with van der Waals surface area (Å²) < 4.78 is 16.2. The molecule has 0 radical (unpaired) electrons. The average Bonchev–Trinajstić information content (AvgIpc) is 2.54. The second-order valence-corrected chi connectivity index (χ2v) is 7.90. The molecular weight excluding hydrogens is 478 g/mol. The van der Waals surface area contributed by atoms with E-state index >= 15 is 0 Å². The summed E-state index contributed by atoms with van der Waals surface area (Å²) >= 11 is 11.8. The number of carbonyl (C=O) groups excluding carboxylic acids is 1. The Bertz CT molecular complexity index is 835. The summed E-state index contributed by atoms with van der Waals surface area (Å²) in [5.74, 6) is 0.405. The number of benzene rings is 2. The third-order valence-electron chi connectivity index (χ3n) is 3.33. The topological polar surface area (TPSA) is 102 Å². The Labute approximate surface area is 259 Å². The summed E-state index contributed by atoms with van der Waals surface area (Å²) in [6.07, 6.45) is 0.217. The molecule has 0 bridgehead atoms. The number of carbonyl (C=O) groups is 1. The first-order valence-electron chi connectivity index (χ1n) is 7.72. The molecule has 0 aliphatic rings. The first-order valence-corrected chi connectivity index (χ1v) is 10.2. The van der Waals surface area contributed by atoms with Crippen LogP contribution >= 0.6 is 30.8 Å². The van der Waals surface area contributed by atoms with Crippen molar-refractivity contribution in [2.75, 3.05) is 12.7 Å². The first-order chi connectivity index (χ1) is 12.2. The van der Waals surface area contributed by atoms with Crippen molar-refractivity contribution in [3.05, 3.63) is 58.1 Å². The van der Waals surface area contributed by atoms with Gasteiger partial charge in [0.1, 0.15) is 11.5 Å². The molecule has 1 amide bonds. The van der Waals surface area contributed by atoms with Crippen LogP contribution in [0.2, 0.25) is 10.0 Å². The van der Waals surface area contributed by atoms with Crippen LogP contribution in [-0.4, -0.2) is 18.6 Å². The molecule has 11 heteroatoms. The van der Waals surface area contributed by atoms with E-state index in [1.54, 1.807) is 24.3 Å². The van der Waals surface area contributed by atoms with Gasteiger partial charge in [-0.15, -0.1) is 0 Å². The molecule has 0 saturated carbocycles. The summed E-state index contributed by atoms with van der Waals surface area (Å²) in [7, 11) is -4.82. The number of amides is 1. The van der Waals surface area contributed by atoms with Gasteiger partial charge in [-0.2, -0.15) is 0 Å². The molecular formula is C17H16Cl2K2NO5P. The molecule has 0 aliphatic heterocycles. The van der Waals surface area contributed by atoms with Crippen molar-refractivity contribution in [2.24, 2.45) is 0 Å². The molecule has 2 rings (SSSR count). The van der Waals surface area contributed by atoms with E-state index in [1.807, 2.05) is 18.2 Å². The van der Waals surface area contributed by atoms with Gasteiger partial charge >= 0.3 is 103 Å². The second-order valence-electron chi connectivity index (χ2n) is 5.55. The van der Waals surface area contributed by atoms with Crippen molar-refractivity contribution in [3.8, 4) is 11.5 Å². The van der Waals surface area contributed by atoms with E-state index in [0.29, 0.717) is 34.4 Å². The van der Waals surface area contributed by atoms with Crippen LogP contribution in [0.15, 0.2) is 42.5 Å². The third kappa shape index (κ3) is 11.9. The zero-order chi connectivity index (χ0) is 19.2. The van der Waals surface area contributed by atoms with E-state index in [1.165, 1.54) is 0 Å². The maximum Gasteiger partial charge on any atom is 1.00 e. The second kappa shape index (κ2) is 14.7. The molecule has 0 fully saturated rings. The van der Waals surface area contributed by atoms with Crippen LogP contribution in [0.5, 0.6) is 11.5 Å². The SMILES string of the molecule is O=C(CP(=O)([O-])[O-])NCCCc1cccc(Oc2ccc(Cl)c(Cl)c2)c1.[K+].[K+]. The molecule has 0 atom stereocenters. The van der Waals surface area contributed by atoms with Gasteiger partial charge in [-0.3, -0.25) is 4.79 Å². The van der Waals surface area contributed by atoms with Gasteiger partial charge in [-0.25, -0.2) is 0 Å². The van der Waals surface area contributed by atoms with E-state index in [-0.39, 0.29) is 109 Å². The van der Waals surface area contributed by atoms with Gasteiger partial charge in [-0.05, 0) is 42.7 Å². The normalized spacial score (nSPS) is 10.4. The summed E-state index contributed by atoms with van der Waals surface area (Å²) in [5, 5.41) is 3.25. The molecule has 28 heavy (non-hydrogen) atoms. The molecule has 2 aromatic rings. The fourth-order valence-corrected chi connectivity index (χ4v) is 2.94. The quantitative estimate of drug-likeness (QED) is 0.236. The van der Waals surface area contributed by atoms with Crippen LogP contribution in [-0.2, 0) is 15.8 Å². The number of halogens is 2. The van der Waals surface area contributed by atoms with Gasteiger partial charge < -0.3 is 24.4 Å². The van der Waals surface area contributed by atoms with Crippen LogP contribution in [0.3, 0.4) is 0 Å². The first kappa shape index (κ1) is 29.7. The number of ether oxygens (including phenoxy) is 1. The fourth-order valence-electron chi connectivity index (χ4n) is 2.19. The molecule has 0 aromatic heterocycles. The number of rotatable bonds is 8. The van der Waals surface area contributed by atoms with Crippen molar-refractivity contribution in [1.29, 1.82) is 0 Å². The van der Waals surface area contributed by atoms with Crippen LogP contribution in [0.1, 0.15) is 12.0 Å². The van der Waals surface area contributed by atoms with E-state index < -0.39 is 19.7 Å². The summed E-state index contributed by atoms with van der Waals surface area (Å²) in [6.45, 7) is 0.275. The Kier molecular flexibility index (Phi) is 15.6. The van der Waals surface area contributed by atoms with Gasteiger partial charge in [-0.1, -0.05) is 42.9 Å². The molecule has 6 nitrogen and oxygen atoms in total. The smallest absolute Gasteiger partial charge is 0.810 e. The molecule has 1 N–H and O–H groups in total. The van der Waals surface area contributed by atoms with Crippen LogP contribution in [0.4, 0.5) is 0 Å². The molecule has 0 aliphatic carbocycles. The van der Waals surface area contributed by atoms with E-state index in [0.717, 1.165) is 5.56 Å². The Morgan fingerprint density at radius 3 is 2.36 bits per heavy atom. The van der Waals surface area contributed by atoms with Gasteiger partial charge in [0.05, 0.1) is 16.2 Å². The molecule has 2 aromatic carbocycles. The standard InChI is InChI=1S/C17H18Cl2NO5P.2K/c18-15-7-6-14(10-16(15)19)25-13-5-1-3-12(9-13)4-2-8-20-17(21)11-26(22,23)24;;/h1,3,5-7,9-10H,2,4,8,11H2,(H,20,21)(H2,22,23,24);;/q;2*+1/p-2. The average molecular weight is 494 g/mol. The number of hydrogen-bond acceptors (Lipinski definition) is 5. The van der Waals surface area contributed by atoms with Crippen molar-refractivity contribution in [2.45, 2.75) is 12.8 Å². The molecule has 0 heterocycles. The van der Waals surface area contributed by atoms with Crippen molar-refractivity contribution < 1.29 is 127 Å². The van der Waals surface area contributed by atoms with Gasteiger partial charge in [0, 0.05) is 12.6 Å². The largest absolute Gasteiger partial charge is 1.00 e. The zero-order valence-corrected chi connectivity index (χ0v) is 24.3. The predicted octanol–water partition coefficient (Wildman–Crippen LogP) is -3.24. The minimum absolute atomic E-state index is 0.